The maximum atomic E-state index is 12.4. The lowest BCUT2D eigenvalue weighted by molar-refractivity contribution is 0.102. The molecule has 5 nitrogen and oxygen atoms in total. The van der Waals surface area contributed by atoms with Gasteiger partial charge in [0.25, 0.3) is 5.91 Å². The number of carbonyl (C=O) groups is 1. The van der Waals surface area contributed by atoms with Gasteiger partial charge in [-0.3, -0.25) is 10.1 Å². The van der Waals surface area contributed by atoms with Crippen LogP contribution in [-0.2, 0) is 6.42 Å². The van der Waals surface area contributed by atoms with Crippen molar-refractivity contribution in [1.29, 1.82) is 0 Å². The lowest BCUT2D eigenvalue weighted by Crippen LogP contribution is -2.12. The summed E-state index contributed by atoms with van der Waals surface area (Å²) in [5.41, 5.74) is 2.87. The van der Waals surface area contributed by atoms with Gasteiger partial charge in [-0.2, -0.15) is 0 Å². The zero-order valence-corrected chi connectivity index (χ0v) is 15.8. The van der Waals surface area contributed by atoms with Crippen LogP contribution in [0.3, 0.4) is 0 Å². The van der Waals surface area contributed by atoms with Crippen LogP contribution in [0.15, 0.2) is 42.5 Å². The predicted octanol–water partition coefficient (Wildman–Crippen LogP) is 5.20. The number of nitrogens with zero attached hydrogens (tertiary/aromatic N) is 2. The van der Waals surface area contributed by atoms with Gasteiger partial charge in [-0.05, 0) is 36.1 Å². The van der Waals surface area contributed by atoms with Crippen molar-refractivity contribution >= 4 is 50.7 Å². The SMILES string of the molecule is O=C(Nc1nnc(NC2CCc3ccccc32)s1)c1c(Cl)cccc1Cl. The zero-order chi connectivity index (χ0) is 18.1. The summed E-state index contributed by atoms with van der Waals surface area (Å²) < 4.78 is 0. The molecule has 1 aliphatic carbocycles. The second kappa shape index (κ2) is 7.23. The molecule has 1 atom stereocenters. The molecule has 0 saturated heterocycles. The first-order valence-corrected chi connectivity index (χ1v) is 9.62. The van der Waals surface area contributed by atoms with Crippen LogP contribution in [0.4, 0.5) is 10.3 Å². The van der Waals surface area contributed by atoms with E-state index < -0.39 is 5.91 Å². The number of rotatable bonds is 4. The monoisotopic (exact) mass is 404 g/mol. The third kappa shape index (κ3) is 3.40. The molecule has 0 radical (unpaired) electrons. The smallest absolute Gasteiger partial charge is 0.260 e. The van der Waals surface area contributed by atoms with Gasteiger partial charge >= 0.3 is 0 Å². The van der Waals surface area contributed by atoms with E-state index >= 15 is 0 Å². The van der Waals surface area contributed by atoms with Gasteiger partial charge in [0.1, 0.15) is 0 Å². The molecule has 0 saturated carbocycles. The molecular weight excluding hydrogens is 391 g/mol. The van der Waals surface area contributed by atoms with E-state index in [4.69, 9.17) is 23.2 Å². The van der Waals surface area contributed by atoms with Crippen molar-refractivity contribution in [1.82, 2.24) is 10.2 Å². The van der Waals surface area contributed by atoms with Crippen molar-refractivity contribution in [3.05, 3.63) is 69.2 Å². The lowest BCUT2D eigenvalue weighted by atomic mass is 10.1. The number of aryl methyl sites for hydroxylation is 1. The molecule has 0 bridgehead atoms. The number of amides is 1. The van der Waals surface area contributed by atoms with Crippen molar-refractivity contribution in [2.75, 3.05) is 10.6 Å². The molecule has 2 aromatic carbocycles. The largest absolute Gasteiger partial charge is 0.353 e. The van der Waals surface area contributed by atoms with E-state index in [0.717, 1.165) is 12.8 Å². The van der Waals surface area contributed by atoms with Crippen LogP contribution >= 0.6 is 34.5 Å². The summed E-state index contributed by atoms with van der Waals surface area (Å²) in [5, 5.41) is 15.9. The van der Waals surface area contributed by atoms with E-state index in [9.17, 15) is 4.79 Å². The molecule has 0 fully saturated rings. The molecule has 4 rings (SSSR count). The minimum atomic E-state index is -0.408. The van der Waals surface area contributed by atoms with Crippen LogP contribution in [0.1, 0.15) is 33.9 Å². The van der Waals surface area contributed by atoms with E-state index in [2.05, 4.69) is 39.0 Å². The minimum absolute atomic E-state index is 0.209. The molecule has 1 amide bonds. The average molecular weight is 405 g/mol. The van der Waals surface area contributed by atoms with E-state index in [-0.39, 0.29) is 11.6 Å². The summed E-state index contributed by atoms with van der Waals surface area (Å²) in [6, 6.07) is 13.5. The maximum Gasteiger partial charge on any atom is 0.260 e. The Bertz CT molecular complexity index is 955. The summed E-state index contributed by atoms with van der Waals surface area (Å²) >= 11 is 13.4. The van der Waals surface area contributed by atoms with Crippen LogP contribution in [0.25, 0.3) is 0 Å². The van der Waals surface area contributed by atoms with E-state index in [1.54, 1.807) is 18.2 Å². The van der Waals surface area contributed by atoms with Gasteiger partial charge in [-0.15, -0.1) is 10.2 Å². The molecule has 1 aliphatic rings. The fourth-order valence-corrected chi connectivity index (χ4v) is 4.32. The number of hydrogen-bond donors (Lipinski definition) is 2. The van der Waals surface area contributed by atoms with Crippen LogP contribution in [-0.4, -0.2) is 16.1 Å². The molecule has 1 unspecified atom stereocenters. The Labute approximate surface area is 164 Å². The zero-order valence-electron chi connectivity index (χ0n) is 13.5. The van der Waals surface area contributed by atoms with E-state index in [1.807, 2.05) is 6.07 Å². The van der Waals surface area contributed by atoms with Crippen molar-refractivity contribution in [2.45, 2.75) is 18.9 Å². The Kier molecular flexibility index (Phi) is 4.80. The molecular formula is C18H14Cl2N4OS. The van der Waals surface area contributed by atoms with Gasteiger partial charge < -0.3 is 5.32 Å². The van der Waals surface area contributed by atoms with E-state index in [1.165, 1.54) is 22.5 Å². The van der Waals surface area contributed by atoms with Crippen molar-refractivity contribution in [3.63, 3.8) is 0 Å². The van der Waals surface area contributed by atoms with Gasteiger partial charge in [0.05, 0.1) is 21.7 Å². The highest BCUT2D eigenvalue weighted by atomic mass is 35.5. The molecule has 2 N–H and O–H groups in total. The molecule has 0 spiro atoms. The normalized spacial score (nSPS) is 15.5. The highest BCUT2D eigenvalue weighted by Gasteiger charge is 2.23. The summed E-state index contributed by atoms with van der Waals surface area (Å²) in [6.07, 6.45) is 2.05. The third-order valence-corrected chi connectivity index (χ3v) is 5.67. The second-order valence-electron chi connectivity index (χ2n) is 5.90. The van der Waals surface area contributed by atoms with E-state index in [0.29, 0.717) is 20.3 Å². The fourth-order valence-electron chi connectivity index (χ4n) is 3.06. The number of nitrogens with one attached hydrogen (secondary N) is 2. The third-order valence-electron chi connectivity index (χ3n) is 4.27. The first-order valence-electron chi connectivity index (χ1n) is 8.05. The topological polar surface area (TPSA) is 66.9 Å². The summed E-state index contributed by atoms with van der Waals surface area (Å²) in [4.78, 5) is 12.4. The summed E-state index contributed by atoms with van der Waals surface area (Å²) in [5.74, 6) is -0.408. The maximum absolute atomic E-state index is 12.4. The summed E-state index contributed by atoms with van der Waals surface area (Å²) in [6.45, 7) is 0. The van der Waals surface area contributed by atoms with Gasteiger partial charge in [-0.1, -0.05) is 64.9 Å². The van der Waals surface area contributed by atoms with Crippen molar-refractivity contribution in [3.8, 4) is 0 Å². The minimum Gasteiger partial charge on any atom is -0.353 e. The Morgan fingerprint density at radius 2 is 1.77 bits per heavy atom. The number of anilines is 2. The van der Waals surface area contributed by atoms with Crippen LogP contribution in [0, 0.1) is 0 Å². The first-order chi connectivity index (χ1) is 12.6. The van der Waals surface area contributed by atoms with Gasteiger partial charge in [0, 0.05) is 0 Å². The highest BCUT2D eigenvalue weighted by Crippen LogP contribution is 2.35. The van der Waals surface area contributed by atoms with Crippen LogP contribution in [0.5, 0.6) is 0 Å². The number of halogens is 2. The molecule has 3 aromatic rings. The molecule has 8 heteroatoms. The second-order valence-corrected chi connectivity index (χ2v) is 7.69. The Morgan fingerprint density at radius 3 is 2.58 bits per heavy atom. The number of fused-ring (bicyclic) bond motifs is 1. The standard InChI is InChI=1S/C18H14Cl2N4OS/c19-12-6-3-7-13(20)15(12)16(25)22-18-24-23-17(26-18)21-14-9-8-10-4-1-2-5-11(10)14/h1-7,14H,8-9H2,(H,21,23)(H,22,24,25). The fraction of sp³-hybridized carbons (Fsp3) is 0.167. The first kappa shape index (κ1) is 17.3. The Balaban J connectivity index is 1.47. The van der Waals surface area contributed by atoms with Crippen molar-refractivity contribution < 1.29 is 4.79 Å². The van der Waals surface area contributed by atoms with Crippen LogP contribution in [0.2, 0.25) is 10.0 Å². The molecule has 132 valence electrons. The average Bonchev–Trinajstić information content (AvgIpc) is 3.22. The number of aromatic nitrogens is 2. The predicted molar refractivity (Wildman–Crippen MR) is 105 cm³/mol. The number of carbonyl (C=O) groups excluding carboxylic acids is 1. The molecule has 26 heavy (non-hydrogen) atoms. The number of hydrogen-bond acceptors (Lipinski definition) is 5. The highest BCUT2D eigenvalue weighted by molar-refractivity contribution is 7.19. The van der Waals surface area contributed by atoms with Gasteiger partial charge in [-0.25, -0.2) is 0 Å². The number of benzene rings is 2. The lowest BCUT2D eigenvalue weighted by Gasteiger charge is -2.12. The Morgan fingerprint density at radius 1 is 1.04 bits per heavy atom. The quantitative estimate of drug-likeness (QED) is 0.627. The van der Waals surface area contributed by atoms with Crippen molar-refractivity contribution in [2.24, 2.45) is 0 Å². The Hall–Kier alpha value is -2.15. The molecule has 1 aromatic heterocycles. The van der Waals surface area contributed by atoms with Gasteiger partial charge in [0.15, 0.2) is 0 Å². The summed E-state index contributed by atoms with van der Waals surface area (Å²) in [7, 11) is 0. The van der Waals surface area contributed by atoms with Gasteiger partial charge in [0.2, 0.25) is 10.3 Å². The molecule has 1 heterocycles. The van der Waals surface area contributed by atoms with Crippen LogP contribution < -0.4 is 10.6 Å². The molecule has 0 aliphatic heterocycles.